The molecule has 2 N–H and O–H groups in total. The van der Waals surface area contributed by atoms with Crippen LogP contribution in [0.5, 0.6) is 17.2 Å². The Kier molecular flexibility index (Phi) is 2.92. The van der Waals surface area contributed by atoms with Crippen LogP contribution >= 0.6 is 0 Å². The Morgan fingerprint density at radius 2 is 2.15 bits per heavy atom. The molecule has 0 bridgehead atoms. The van der Waals surface area contributed by atoms with Crippen LogP contribution in [0.1, 0.15) is 18.6 Å². The summed E-state index contributed by atoms with van der Waals surface area (Å²) in [6, 6.07) is 6.54. The number of hydrogen-bond acceptors (Lipinski definition) is 7. The van der Waals surface area contributed by atoms with E-state index < -0.39 is 17.8 Å². The monoisotopic (exact) mass is 356 g/mol. The Labute approximate surface area is 147 Å². The second-order valence-corrected chi connectivity index (χ2v) is 6.91. The summed E-state index contributed by atoms with van der Waals surface area (Å²) in [5, 5.41) is 21.6. The third-order valence-corrected chi connectivity index (χ3v) is 5.13. The van der Waals surface area contributed by atoms with Crippen molar-refractivity contribution < 1.29 is 28.8 Å². The quantitative estimate of drug-likeness (QED) is 0.645. The van der Waals surface area contributed by atoms with Gasteiger partial charge in [0.1, 0.15) is 34.2 Å². The van der Waals surface area contributed by atoms with Gasteiger partial charge in [0, 0.05) is 6.07 Å². The number of hydrogen-bond donors (Lipinski definition) is 2. The van der Waals surface area contributed by atoms with Crippen molar-refractivity contribution in [2.45, 2.75) is 24.7 Å². The van der Waals surface area contributed by atoms with Gasteiger partial charge in [-0.1, -0.05) is 6.07 Å². The molecule has 3 heterocycles. The van der Waals surface area contributed by atoms with Crippen LogP contribution in [-0.2, 0) is 4.74 Å². The van der Waals surface area contributed by atoms with Crippen LogP contribution in [0.15, 0.2) is 33.5 Å². The summed E-state index contributed by atoms with van der Waals surface area (Å²) in [5.41, 5.74) is -0.701. The zero-order chi connectivity index (χ0) is 18.2. The third-order valence-electron chi connectivity index (χ3n) is 5.13. The van der Waals surface area contributed by atoms with E-state index in [1.165, 1.54) is 7.11 Å². The first-order chi connectivity index (χ1) is 12.4. The average Bonchev–Trinajstić information content (AvgIpc) is 3.12. The molecule has 0 amide bonds. The molecule has 26 heavy (non-hydrogen) atoms. The first-order valence-corrected chi connectivity index (χ1v) is 8.22. The van der Waals surface area contributed by atoms with Gasteiger partial charge >= 0.3 is 0 Å². The summed E-state index contributed by atoms with van der Waals surface area (Å²) in [6.45, 7) is 1.70. The molecule has 7 nitrogen and oxygen atoms in total. The minimum atomic E-state index is -1.19. The Balaban J connectivity index is 1.85. The summed E-state index contributed by atoms with van der Waals surface area (Å²) >= 11 is 0. The largest absolute Gasteiger partial charge is 0.506 e. The molecule has 2 aliphatic rings. The van der Waals surface area contributed by atoms with Gasteiger partial charge in [-0.25, -0.2) is 0 Å². The molecule has 1 saturated heterocycles. The first-order valence-electron chi connectivity index (χ1n) is 8.22. The SMILES string of the molecule is COc1cccc2c(=O)c3c(O)c4c(cc3oc12)O[C@@H]1[C@H]4OC[C@]1(C)O. The summed E-state index contributed by atoms with van der Waals surface area (Å²) in [7, 11) is 1.49. The lowest BCUT2D eigenvalue weighted by Gasteiger charge is -2.21. The van der Waals surface area contributed by atoms with Gasteiger partial charge in [0.15, 0.2) is 17.4 Å². The van der Waals surface area contributed by atoms with Crippen LogP contribution in [0.2, 0.25) is 0 Å². The summed E-state index contributed by atoms with van der Waals surface area (Å²) < 4.78 is 22.6. The second-order valence-electron chi connectivity index (χ2n) is 6.91. The number of benzene rings is 2. The molecule has 3 atom stereocenters. The lowest BCUT2D eigenvalue weighted by molar-refractivity contribution is -0.0146. The molecule has 1 fully saturated rings. The van der Waals surface area contributed by atoms with Crippen LogP contribution in [0, 0.1) is 0 Å². The van der Waals surface area contributed by atoms with Crippen LogP contribution in [0.25, 0.3) is 21.9 Å². The van der Waals surface area contributed by atoms with Crippen molar-refractivity contribution in [1.82, 2.24) is 0 Å². The molecule has 0 unspecified atom stereocenters. The number of ether oxygens (including phenoxy) is 3. The number of phenols is 1. The van der Waals surface area contributed by atoms with E-state index >= 15 is 0 Å². The highest BCUT2D eigenvalue weighted by molar-refractivity contribution is 5.97. The molecule has 0 saturated carbocycles. The Morgan fingerprint density at radius 3 is 2.92 bits per heavy atom. The number of para-hydroxylation sites is 1. The average molecular weight is 356 g/mol. The lowest BCUT2D eigenvalue weighted by atomic mass is 9.95. The molecule has 2 aliphatic heterocycles. The molecule has 3 aromatic rings. The Morgan fingerprint density at radius 1 is 1.35 bits per heavy atom. The molecule has 7 heteroatoms. The fourth-order valence-corrected chi connectivity index (χ4v) is 3.83. The molecular weight excluding hydrogens is 340 g/mol. The summed E-state index contributed by atoms with van der Waals surface area (Å²) in [5.74, 6) is 0.522. The van der Waals surface area contributed by atoms with Crippen molar-refractivity contribution in [1.29, 1.82) is 0 Å². The van der Waals surface area contributed by atoms with Crippen LogP contribution in [-0.4, -0.2) is 35.6 Å². The standard InChI is InChI=1S/C19H16O7/c1-19(22)7-24-17-13-11(26-18(17)19)6-10-12(15(13)21)14(20)8-4-3-5-9(23-2)16(8)25-10/h3-6,17-18,21-22H,7H2,1-2H3/t17-,18+,19-/m0/s1. The molecule has 0 spiro atoms. The predicted molar refractivity (Wildman–Crippen MR) is 91.9 cm³/mol. The van der Waals surface area contributed by atoms with Crippen molar-refractivity contribution in [2.24, 2.45) is 0 Å². The molecule has 134 valence electrons. The van der Waals surface area contributed by atoms with Gasteiger partial charge in [0.05, 0.1) is 24.7 Å². The van der Waals surface area contributed by atoms with E-state index in [0.717, 1.165) is 0 Å². The molecule has 0 radical (unpaired) electrons. The van der Waals surface area contributed by atoms with E-state index in [4.69, 9.17) is 18.6 Å². The highest BCUT2D eigenvalue weighted by Crippen LogP contribution is 2.52. The van der Waals surface area contributed by atoms with Crippen molar-refractivity contribution >= 4 is 21.9 Å². The fourth-order valence-electron chi connectivity index (χ4n) is 3.83. The van der Waals surface area contributed by atoms with Crippen molar-refractivity contribution in [3.05, 3.63) is 40.1 Å². The smallest absolute Gasteiger partial charge is 0.204 e. The summed E-state index contributed by atoms with van der Waals surface area (Å²) in [6.07, 6.45) is -1.29. The van der Waals surface area contributed by atoms with Crippen molar-refractivity contribution in [3.63, 3.8) is 0 Å². The minimum absolute atomic E-state index is 0.0592. The van der Waals surface area contributed by atoms with Crippen molar-refractivity contribution in [2.75, 3.05) is 13.7 Å². The molecule has 0 aliphatic carbocycles. The summed E-state index contributed by atoms with van der Waals surface area (Å²) in [4.78, 5) is 13.0. The maximum Gasteiger partial charge on any atom is 0.204 e. The normalized spacial score (nSPS) is 26.7. The zero-order valence-corrected chi connectivity index (χ0v) is 14.1. The molecule has 1 aromatic heterocycles. The Bertz CT molecular complexity index is 1130. The van der Waals surface area contributed by atoms with Gasteiger partial charge in [-0.05, 0) is 19.1 Å². The predicted octanol–water partition coefficient (Wildman–Crippen LogP) is 2.24. The molecule has 2 aromatic carbocycles. The van der Waals surface area contributed by atoms with E-state index in [0.29, 0.717) is 28.0 Å². The van der Waals surface area contributed by atoms with E-state index in [1.807, 2.05) is 0 Å². The minimum Gasteiger partial charge on any atom is -0.506 e. The van der Waals surface area contributed by atoms with E-state index in [2.05, 4.69) is 0 Å². The zero-order valence-electron chi connectivity index (χ0n) is 14.1. The number of methoxy groups -OCH3 is 1. The van der Waals surface area contributed by atoms with Gasteiger partial charge in [0.25, 0.3) is 0 Å². The lowest BCUT2D eigenvalue weighted by Crippen LogP contribution is -2.40. The van der Waals surface area contributed by atoms with Gasteiger partial charge in [-0.3, -0.25) is 4.79 Å². The fraction of sp³-hybridized carbons (Fsp3) is 0.316. The van der Waals surface area contributed by atoms with Crippen LogP contribution in [0.3, 0.4) is 0 Å². The van der Waals surface area contributed by atoms with Gasteiger partial charge in [-0.15, -0.1) is 0 Å². The van der Waals surface area contributed by atoms with Crippen molar-refractivity contribution in [3.8, 4) is 17.2 Å². The highest BCUT2D eigenvalue weighted by atomic mass is 16.6. The van der Waals surface area contributed by atoms with Crippen LogP contribution in [0.4, 0.5) is 0 Å². The topological polar surface area (TPSA) is 98.4 Å². The number of aromatic hydroxyl groups is 1. The van der Waals surface area contributed by atoms with Gasteiger partial charge < -0.3 is 28.8 Å². The van der Waals surface area contributed by atoms with E-state index in [1.54, 1.807) is 31.2 Å². The van der Waals surface area contributed by atoms with E-state index in [9.17, 15) is 15.0 Å². The number of rotatable bonds is 1. The van der Waals surface area contributed by atoms with Gasteiger partial charge in [-0.2, -0.15) is 0 Å². The second kappa shape index (κ2) is 4.90. The highest BCUT2D eigenvalue weighted by Gasteiger charge is 2.54. The maximum absolute atomic E-state index is 13.0. The number of aliphatic hydroxyl groups is 1. The maximum atomic E-state index is 13.0. The first kappa shape index (κ1) is 15.5. The molecule has 5 rings (SSSR count). The number of phenolic OH excluding ortho intramolecular Hbond substituents is 1. The third kappa shape index (κ3) is 1.81. The molecular formula is C19H16O7. The van der Waals surface area contributed by atoms with E-state index in [-0.39, 0.29) is 28.8 Å². The van der Waals surface area contributed by atoms with Crippen LogP contribution < -0.4 is 14.9 Å². The Hall–Kier alpha value is -2.77. The van der Waals surface area contributed by atoms with Gasteiger partial charge in [0.2, 0.25) is 5.43 Å². The number of fused-ring (bicyclic) bond motifs is 5.